The van der Waals surface area contributed by atoms with Crippen molar-refractivity contribution in [2.24, 2.45) is 5.92 Å². The summed E-state index contributed by atoms with van der Waals surface area (Å²) in [4.78, 5) is 0. The van der Waals surface area contributed by atoms with E-state index in [4.69, 9.17) is 0 Å². The fourth-order valence-electron chi connectivity index (χ4n) is 1.31. The van der Waals surface area contributed by atoms with E-state index in [2.05, 4.69) is 20.1 Å². The van der Waals surface area contributed by atoms with Crippen LogP contribution in [0.2, 0.25) is 0 Å². The lowest BCUT2D eigenvalue weighted by molar-refractivity contribution is 0.385. The first-order valence-electron chi connectivity index (χ1n) is 3.89. The van der Waals surface area contributed by atoms with E-state index in [1.807, 2.05) is 0 Å². The fourth-order valence-corrected chi connectivity index (χ4v) is 1.31. The molecule has 1 rings (SSSR count). The van der Waals surface area contributed by atoms with E-state index in [0.29, 0.717) is 0 Å². The number of hydrogen-bond acceptors (Lipinski definition) is 0. The molecule has 0 heterocycles. The molecule has 1 heteroatoms. The fraction of sp³-hybridized carbons (Fsp3) is 0.778. The van der Waals surface area contributed by atoms with Crippen LogP contribution in [0, 0.1) is 5.92 Å². The molecule has 0 atom stereocenters. The van der Waals surface area contributed by atoms with Gasteiger partial charge in [-0.05, 0) is 5.92 Å². The Morgan fingerprint density at radius 3 is 1.60 bits per heavy atom. The van der Waals surface area contributed by atoms with Crippen molar-refractivity contribution in [1.82, 2.24) is 0 Å². The Hall–Kier alpha value is 0.470. The van der Waals surface area contributed by atoms with Crippen molar-refractivity contribution < 1.29 is 0 Å². The molecule has 0 amide bonds. The molecule has 0 aromatic carbocycles. The van der Waals surface area contributed by atoms with Gasteiger partial charge in [0.1, 0.15) is 0 Å². The highest BCUT2D eigenvalue weighted by atomic mass is 127. The average molecular weight is 254 g/mol. The zero-order valence-electron chi connectivity index (χ0n) is 6.94. The Morgan fingerprint density at radius 1 is 1.00 bits per heavy atom. The second-order valence-electron chi connectivity index (χ2n) is 2.74. The average Bonchev–Trinajstić information content (AvgIpc) is 1.94. The van der Waals surface area contributed by atoms with Gasteiger partial charge in [0.15, 0.2) is 0 Å². The van der Waals surface area contributed by atoms with Gasteiger partial charge in [0.05, 0.1) is 0 Å². The Labute approximate surface area is 82.1 Å². The monoisotopic (exact) mass is 254 g/mol. The molecule has 0 aromatic heterocycles. The molecule has 10 heavy (non-hydrogen) atoms. The van der Waals surface area contributed by atoms with Gasteiger partial charge >= 0.3 is 0 Å². The van der Waals surface area contributed by atoms with Crippen LogP contribution in [0.15, 0.2) is 13.2 Å². The molecule has 0 aliphatic heterocycles. The highest BCUT2D eigenvalue weighted by molar-refractivity contribution is 14.0. The summed E-state index contributed by atoms with van der Waals surface area (Å²) in [6, 6.07) is 0. The lowest BCUT2D eigenvalue weighted by atomic mass is 9.91. The standard InChI is InChI=1S/C7H14.C2H4.HI/c1-7-5-3-2-4-6-7;1-2;/h7H,2-6H2,1H3;1-2H2;1H. The topological polar surface area (TPSA) is 0 Å². The molecule has 0 bridgehead atoms. The highest BCUT2D eigenvalue weighted by Gasteiger charge is 2.05. The van der Waals surface area contributed by atoms with Crippen molar-refractivity contribution in [1.29, 1.82) is 0 Å². The summed E-state index contributed by atoms with van der Waals surface area (Å²) in [5, 5.41) is 0. The predicted octanol–water partition coefficient (Wildman–Crippen LogP) is 4.01. The van der Waals surface area contributed by atoms with E-state index in [9.17, 15) is 0 Å². The molecule has 1 aliphatic rings. The molecule has 1 fully saturated rings. The van der Waals surface area contributed by atoms with Gasteiger partial charge in [-0.25, -0.2) is 0 Å². The summed E-state index contributed by atoms with van der Waals surface area (Å²) in [5.74, 6) is 1.04. The van der Waals surface area contributed by atoms with Crippen molar-refractivity contribution in [3.63, 3.8) is 0 Å². The Bertz CT molecular complexity index is 55.7. The van der Waals surface area contributed by atoms with Gasteiger partial charge in [-0.15, -0.1) is 37.1 Å². The normalized spacial score (nSPS) is 18.1. The molecular formula is C9H19I. The minimum absolute atomic E-state index is 0. The number of halogens is 1. The van der Waals surface area contributed by atoms with Crippen LogP contribution in [-0.4, -0.2) is 0 Å². The van der Waals surface area contributed by atoms with Crippen LogP contribution in [0.5, 0.6) is 0 Å². The first kappa shape index (κ1) is 13.1. The van der Waals surface area contributed by atoms with Crippen LogP contribution in [-0.2, 0) is 0 Å². The number of hydrogen-bond donors (Lipinski definition) is 0. The summed E-state index contributed by atoms with van der Waals surface area (Å²) < 4.78 is 0. The molecule has 0 unspecified atom stereocenters. The lowest BCUT2D eigenvalue weighted by Crippen LogP contribution is -1.99. The predicted molar refractivity (Wildman–Crippen MR) is 58.9 cm³/mol. The SMILES string of the molecule is C=C.CC1CCCCC1.I. The summed E-state index contributed by atoms with van der Waals surface area (Å²) in [5.41, 5.74) is 0. The third-order valence-electron chi connectivity index (χ3n) is 1.89. The van der Waals surface area contributed by atoms with E-state index in [1.165, 1.54) is 32.1 Å². The molecule has 0 nitrogen and oxygen atoms in total. The van der Waals surface area contributed by atoms with Gasteiger partial charge in [-0.1, -0.05) is 39.0 Å². The Kier molecular flexibility index (Phi) is 12.4. The summed E-state index contributed by atoms with van der Waals surface area (Å²) >= 11 is 0. The van der Waals surface area contributed by atoms with E-state index < -0.39 is 0 Å². The minimum atomic E-state index is 0. The third-order valence-corrected chi connectivity index (χ3v) is 1.89. The molecule has 62 valence electrons. The van der Waals surface area contributed by atoms with Gasteiger partial charge < -0.3 is 0 Å². The summed E-state index contributed by atoms with van der Waals surface area (Å²) in [7, 11) is 0. The van der Waals surface area contributed by atoms with Crippen LogP contribution >= 0.6 is 24.0 Å². The van der Waals surface area contributed by atoms with Crippen LogP contribution < -0.4 is 0 Å². The zero-order chi connectivity index (χ0) is 7.11. The van der Waals surface area contributed by atoms with E-state index in [0.717, 1.165) is 5.92 Å². The molecular weight excluding hydrogens is 235 g/mol. The summed E-state index contributed by atoms with van der Waals surface area (Å²) in [6.45, 7) is 8.36. The van der Waals surface area contributed by atoms with Crippen LogP contribution in [0.3, 0.4) is 0 Å². The van der Waals surface area contributed by atoms with Gasteiger partial charge in [0.25, 0.3) is 0 Å². The maximum atomic E-state index is 3.00. The largest absolute Gasteiger partial charge is 0.107 e. The van der Waals surface area contributed by atoms with Crippen molar-refractivity contribution in [3.8, 4) is 0 Å². The van der Waals surface area contributed by atoms with Crippen LogP contribution in [0.1, 0.15) is 39.0 Å². The summed E-state index contributed by atoms with van der Waals surface area (Å²) in [6.07, 6.45) is 7.44. The first-order valence-corrected chi connectivity index (χ1v) is 3.89. The molecule has 0 N–H and O–H groups in total. The first-order chi connectivity index (χ1) is 4.39. The molecule has 0 saturated heterocycles. The molecule has 0 spiro atoms. The molecule has 0 aromatic rings. The van der Waals surface area contributed by atoms with Crippen LogP contribution in [0.4, 0.5) is 0 Å². The highest BCUT2D eigenvalue weighted by Crippen LogP contribution is 2.21. The quantitative estimate of drug-likeness (QED) is 0.452. The molecule has 0 radical (unpaired) electrons. The van der Waals surface area contributed by atoms with Crippen molar-refractivity contribution >= 4 is 24.0 Å². The van der Waals surface area contributed by atoms with Crippen LogP contribution in [0.25, 0.3) is 0 Å². The van der Waals surface area contributed by atoms with Crippen molar-refractivity contribution in [2.45, 2.75) is 39.0 Å². The molecule has 1 saturated carbocycles. The maximum Gasteiger partial charge on any atom is -0.0443 e. The van der Waals surface area contributed by atoms with Gasteiger partial charge in [0.2, 0.25) is 0 Å². The maximum absolute atomic E-state index is 3.00. The third kappa shape index (κ3) is 6.59. The Morgan fingerprint density at radius 2 is 1.40 bits per heavy atom. The second kappa shape index (κ2) is 9.47. The van der Waals surface area contributed by atoms with Gasteiger partial charge in [-0.3, -0.25) is 0 Å². The van der Waals surface area contributed by atoms with E-state index in [-0.39, 0.29) is 24.0 Å². The number of rotatable bonds is 0. The lowest BCUT2D eigenvalue weighted by Gasteiger charge is -2.15. The Balaban J connectivity index is 0. The minimum Gasteiger partial charge on any atom is -0.107 e. The van der Waals surface area contributed by atoms with Crippen molar-refractivity contribution in [3.05, 3.63) is 13.2 Å². The zero-order valence-corrected chi connectivity index (χ0v) is 9.27. The van der Waals surface area contributed by atoms with E-state index in [1.54, 1.807) is 0 Å². The second-order valence-corrected chi connectivity index (χ2v) is 2.74. The smallest absolute Gasteiger partial charge is 0.0443 e. The van der Waals surface area contributed by atoms with Gasteiger partial charge in [0, 0.05) is 0 Å². The van der Waals surface area contributed by atoms with Crippen molar-refractivity contribution in [2.75, 3.05) is 0 Å². The molecule has 1 aliphatic carbocycles. The van der Waals surface area contributed by atoms with E-state index >= 15 is 0 Å². The van der Waals surface area contributed by atoms with Gasteiger partial charge in [-0.2, -0.15) is 0 Å².